The molecule has 0 bridgehead atoms. The number of nitrogens with zero attached hydrogens (tertiary/aromatic N) is 1. The van der Waals surface area contributed by atoms with Gasteiger partial charge in [-0.2, -0.15) is 0 Å². The van der Waals surface area contributed by atoms with Crippen LogP contribution < -0.4 is 10.2 Å². The van der Waals surface area contributed by atoms with Crippen molar-refractivity contribution in [1.82, 2.24) is 0 Å². The summed E-state index contributed by atoms with van der Waals surface area (Å²) in [6.45, 7) is 1.30. The Morgan fingerprint density at radius 3 is 2.85 bits per heavy atom. The monoisotopic (exact) mass is 370 g/mol. The molecule has 0 saturated carbocycles. The lowest BCUT2D eigenvalue weighted by Gasteiger charge is -2.21. The predicted molar refractivity (Wildman–Crippen MR) is 101 cm³/mol. The smallest absolute Gasteiger partial charge is 0.256 e. The maximum atomic E-state index is 12.7. The molecule has 2 aliphatic rings. The zero-order valence-corrected chi connectivity index (χ0v) is 15.0. The molecule has 2 aromatic carbocycles. The molecule has 5 nitrogen and oxygen atoms in total. The topological polar surface area (TPSA) is 58.6 Å². The highest BCUT2D eigenvalue weighted by atomic mass is 35.5. The molecule has 1 unspecified atom stereocenters. The number of hydrogen-bond donors (Lipinski definition) is 1. The van der Waals surface area contributed by atoms with Crippen LogP contribution in [-0.2, 0) is 16.0 Å². The number of benzene rings is 2. The van der Waals surface area contributed by atoms with Crippen molar-refractivity contribution in [3.63, 3.8) is 0 Å². The van der Waals surface area contributed by atoms with Crippen molar-refractivity contribution in [2.75, 3.05) is 23.4 Å². The largest absolute Gasteiger partial charge is 0.368 e. The summed E-state index contributed by atoms with van der Waals surface area (Å²) in [5.41, 5.74) is 3.11. The van der Waals surface area contributed by atoms with E-state index in [0.29, 0.717) is 29.4 Å². The lowest BCUT2D eigenvalue weighted by atomic mass is 10.1. The van der Waals surface area contributed by atoms with E-state index in [1.54, 1.807) is 29.2 Å². The first kappa shape index (κ1) is 17.1. The van der Waals surface area contributed by atoms with E-state index in [-0.39, 0.29) is 17.9 Å². The van der Waals surface area contributed by atoms with E-state index in [0.717, 1.165) is 30.5 Å². The van der Waals surface area contributed by atoms with Crippen LogP contribution in [0.3, 0.4) is 0 Å². The Morgan fingerprint density at radius 1 is 1.19 bits per heavy atom. The van der Waals surface area contributed by atoms with Crippen molar-refractivity contribution in [3.05, 3.63) is 58.6 Å². The van der Waals surface area contributed by atoms with E-state index in [4.69, 9.17) is 16.3 Å². The molecular weight excluding hydrogens is 352 g/mol. The van der Waals surface area contributed by atoms with Gasteiger partial charge in [-0.05, 0) is 55.2 Å². The van der Waals surface area contributed by atoms with Crippen LogP contribution in [-0.4, -0.2) is 31.1 Å². The van der Waals surface area contributed by atoms with E-state index in [9.17, 15) is 9.59 Å². The number of halogens is 1. The normalized spacial score (nSPS) is 18.7. The highest BCUT2D eigenvalue weighted by Crippen LogP contribution is 2.32. The summed E-state index contributed by atoms with van der Waals surface area (Å²) in [5, 5.41) is 3.39. The minimum atomic E-state index is -0.342. The number of fused-ring (bicyclic) bond motifs is 1. The van der Waals surface area contributed by atoms with E-state index in [1.165, 1.54) is 0 Å². The SMILES string of the molecule is O=C(Nc1ccc2c(c1)N(C(=O)C1CCCO1)CC2)c1cccc(Cl)c1. The van der Waals surface area contributed by atoms with Crippen LogP contribution in [0.1, 0.15) is 28.8 Å². The molecule has 2 aliphatic heterocycles. The molecule has 134 valence electrons. The number of ether oxygens (including phenoxy) is 1. The standard InChI is InChI=1S/C20H19ClN2O3/c21-15-4-1-3-14(11-15)19(24)22-16-7-6-13-8-9-23(17(13)12-16)20(25)18-5-2-10-26-18/h1,3-4,6-7,11-12,18H,2,5,8-10H2,(H,22,24). The van der Waals surface area contributed by atoms with Crippen molar-refractivity contribution in [2.45, 2.75) is 25.4 Å². The Balaban J connectivity index is 1.54. The van der Waals surface area contributed by atoms with Gasteiger partial charge in [0.15, 0.2) is 0 Å². The summed E-state index contributed by atoms with van der Waals surface area (Å²) in [4.78, 5) is 26.9. The van der Waals surface area contributed by atoms with Gasteiger partial charge in [0.05, 0.1) is 0 Å². The summed E-state index contributed by atoms with van der Waals surface area (Å²) < 4.78 is 5.53. The summed E-state index contributed by atoms with van der Waals surface area (Å²) in [7, 11) is 0. The fraction of sp³-hybridized carbons (Fsp3) is 0.300. The molecular formula is C20H19ClN2O3. The molecule has 0 aromatic heterocycles. The molecule has 1 fully saturated rings. The molecule has 1 saturated heterocycles. The minimum absolute atomic E-state index is 0.0135. The summed E-state index contributed by atoms with van der Waals surface area (Å²) >= 11 is 5.95. The first-order valence-electron chi connectivity index (χ1n) is 8.74. The van der Waals surface area contributed by atoms with Gasteiger partial charge in [0.1, 0.15) is 6.10 Å². The zero-order chi connectivity index (χ0) is 18.1. The molecule has 2 heterocycles. The molecule has 0 radical (unpaired) electrons. The quantitative estimate of drug-likeness (QED) is 0.897. The summed E-state index contributed by atoms with van der Waals surface area (Å²) in [6.07, 6.45) is 2.17. The van der Waals surface area contributed by atoms with Crippen molar-refractivity contribution in [2.24, 2.45) is 0 Å². The maximum Gasteiger partial charge on any atom is 0.256 e. The molecule has 1 atom stereocenters. The van der Waals surface area contributed by atoms with Gasteiger partial charge in [-0.25, -0.2) is 0 Å². The lowest BCUT2D eigenvalue weighted by molar-refractivity contribution is -0.127. The first-order valence-corrected chi connectivity index (χ1v) is 9.12. The van der Waals surface area contributed by atoms with Crippen LogP contribution in [0.4, 0.5) is 11.4 Å². The van der Waals surface area contributed by atoms with Crippen molar-refractivity contribution in [1.29, 1.82) is 0 Å². The van der Waals surface area contributed by atoms with Gasteiger partial charge >= 0.3 is 0 Å². The van der Waals surface area contributed by atoms with Gasteiger partial charge in [-0.15, -0.1) is 0 Å². The Labute approximate surface area is 156 Å². The van der Waals surface area contributed by atoms with Crippen LogP contribution in [0.2, 0.25) is 5.02 Å². The van der Waals surface area contributed by atoms with Crippen molar-refractivity contribution < 1.29 is 14.3 Å². The van der Waals surface area contributed by atoms with E-state index in [1.807, 2.05) is 18.2 Å². The molecule has 1 N–H and O–H groups in total. The molecule has 0 spiro atoms. The Hall–Kier alpha value is -2.37. The second-order valence-electron chi connectivity index (χ2n) is 6.55. The second kappa shape index (κ2) is 7.09. The highest BCUT2D eigenvalue weighted by molar-refractivity contribution is 6.31. The Kier molecular flexibility index (Phi) is 4.66. The van der Waals surface area contributed by atoms with Crippen LogP contribution in [0, 0.1) is 0 Å². The second-order valence-corrected chi connectivity index (χ2v) is 6.99. The van der Waals surface area contributed by atoms with Crippen molar-refractivity contribution >= 4 is 34.8 Å². The number of amides is 2. The number of rotatable bonds is 3. The fourth-order valence-electron chi connectivity index (χ4n) is 3.47. The van der Waals surface area contributed by atoms with Crippen LogP contribution >= 0.6 is 11.6 Å². The number of nitrogens with one attached hydrogen (secondary N) is 1. The van der Waals surface area contributed by atoms with Gasteiger partial charge in [-0.3, -0.25) is 9.59 Å². The van der Waals surface area contributed by atoms with Gasteiger partial charge in [0, 0.05) is 35.1 Å². The number of carbonyl (C=O) groups excluding carboxylic acids is 2. The van der Waals surface area contributed by atoms with E-state index in [2.05, 4.69) is 5.32 Å². The third kappa shape index (κ3) is 3.32. The summed E-state index contributed by atoms with van der Waals surface area (Å²) in [5.74, 6) is -0.220. The molecule has 0 aliphatic carbocycles. The fourth-order valence-corrected chi connectivity index (χ4v) is 3.66. The number of anilines is 2. The van der Waals surface area contributed by atoms with Crippen LogP contribution in [0.15, 0.2) is 42.5 Å². The Morgan fingerprint density at radius 2 is 2.08 bits per heavy atom. The zero-order valence-electron chi connectivity index (χ0n) is 14.2. The minimum Gasteiger partial charge on any atom is -0.368 e. The number of carbonyl (C=O) groups is 2. The molecule has 2 amide bonds. The van der Waals surface area contributed by atoms with Gasteiger partial charge in [0.2, 0.25) is 0 Å². The third-order valence-corrected chi connectivity index (χ3v) is 5.03. The first-order chi connectivity index (χ1) is 12.6. The number of hydrogen-bond acceptors (Lipinski definition) is 3. The van der Waals surface area contributed by atoms with Crippen molar-refractivity contribution in [3.8, 4) is 0 Å². The Bertz CT molecular complexity index is 862. The summed E-state index contributed by atoms with van der Waals surface area (Å²) in [6, 6.07) is 12.5. The highest BCUT2D eigenvalue weighted by Gasteiger charge is 2.32. The van der Waals surface area contributed by atoms with Gasteiger partial charge in [-0.1, -0.05) is 23.7 Å². The molecule has 4 rings (SSSR count). The predicted octanol–water partition coefficient (Wildman–Crippen LogP) is 3.66. The average molecular weight is 371 g/mol. The lowest BCUT2D eigenvalue weighted by Crippen LogP contribution is -2.37. The van der Waals surface area contributed by atoms with Gasteiger partial charge < -0.3 is 15.0 Å². The van der Waals surface area contributed by atoms with E-state index >= 15 is 0 Å². The molecule has 26 heavy (non-hydrogen) atoms. The molecule has 2 aromatic rings. The van der Waals surface area contributed by atoms with Gasteiger partial charge in [0.25, 0.3) is 11.8 Å². The van der Waals surface area contributed by atoms with E-state index < -0.39 is 0 Å². The van der Waals surface area contributed by atoms with Crippen LogP contribution in [0.25, 0.3) is 0 Å². The molecule has 6 heteroatoms. The third-order valence-electron chi connectivity index (χ3n) is 4.80. The van der Waals surface area contributed by atoms with Crippen LogP contribution in [0.5, 0.6) is 0 Å². The maximum absolute atomic E-state index is 12.7. The average Bonchev–Trinajstić information content (AvgIpc) is 3.31.